The minimum absolute atomic E-state index is 0.0408. The van der Waals surface area contributed by atoms with Crippen LogP contribution in [-0.2, 0) is 17.1 Å². The second-order valence-electron chi connectivity index (χ2n) is 6.35. The number of halogens is 2. The molecule has 0 aliphatic carbocycles. The van der Waals surface area contributed by atoms with Gasteiger partial charge >= 0.3 is 0 Å². The molecular formula is C20H15Cl2N5O3S. The van der Waals surface area contributed by atoms with Crippen LogP contribution in [-0.4, -0.2) is 28.2 Å². The maximum absolute atomic E-state index is 12.6. The molecule has 4 rings (SSSR count). The summed E-state index contributed by atoms with van der Waals surface area (Å²) in [5, 5.41) is 4.82. The topological polar surface area (TPSA) is 99.0 Å². The minimum atomic E-state index is -3.92. The Balaban J connectivity index is 1.64. The normalized spacial score (nSPS) is 11.3. The summed E-state index contributed by atoms with van der Waals surface area (Å²) in [6, 6.07) is 12.7. The lowest BCUT2D eigenvalue weighted by molar-refractivity contribution is 0.483. The van der Waals surface area contributed by atoms with Gasteiger partial charge in [0.25, 0.3) is 10.0 Å². The summed E-state index contributed by atoms with van der Waals surface area (Å²) < 4.78 is 35.2. The molecule has 0 unspecified atom stereocenters. The predicted molar refractivity (Wildman–Crippen MR) is 118 cm³/mol. The van der Waals surface area contributed by atoms with Crippen LogP contribution in [0.25, 0.3) is 11.3 Å². The second kappa shape index (κ2) is 8.54. The molecule has 31 heavy (non-hydrogen) atoms. The van der Waals surface area contributed by atoms with Crippen LogP contribution in [0, 0.1) is 0 Å². The Hall–Kier alpha value is -3.14. The van der Waals surface area contributed by atoms with Crippen molar-refractivity contribution in [2.75, 3.05) is 4.72 Å². The molecule has 4 aromatic rings. The first-order valence-electron chi connectivity index (χ1n) is 8.89. The van der Waals surface area contributed by atoms with Crippen molar-refractivity contribution in [3.63, 3.8) is 0 Å². The fourth-order valence-corrected chi connectivity index (χ4v) is 4.25. The SMILES string of the molecule is Cn1nccc1-c1cc(Cl)ccc1Oc1ccc(S(=O)(=O)Nc2ncccn2)cc1Cl. The number of ether oxygens (including phenoxy) is 1. The summed E-state index contributed by atoms with van der Waals surface area (Å²) in [6.45, 7) is 0. The lowest BCUT2D eigenvalue weighted by Crippen LogP contribution is -2.14. The van der Waals surface area contributed by atoms with Gasteiger partial charge in [-0.25, -0.2) is 23.1 Å². The highest BCUT2D eigenvalue weighted by atomic mass is 35.5. The first-order valence-corrected chi connectivity index (χ1v) is 11.1. The molecule has 0 radical (unpaired) electrons. The predicted octanol–water partition coefficient (Wildman–Crippen LogP) is 4.78. The molecule has 0 aliphatic heterocycles. The number of anilines is 1. The Morgan fingerprint density at radius 1 is 0.968 bits per heavy atom. The standard InChI is InChI=1S/C20H15Cl2N5O3S/c1-27-17(7-10-25-27)15-11-13(21)3-5-18(15)30-19-6-4-14(12-16(19)22)31(28,29)26-20-23-8-2-9-24-20/h2-12H,1H3,(H,23,24,26). The van der Waals surface area contributed by atoms with Crippen LogP contribution >= 0.6 is 23.2 Å². The number of aromatic nitrogens is 4. The van der Waals surface area contributed by atoms with E-state index in [0.29, 0.717) is 16.3 Å². The third-order valence-corrected chi connectivity index (χ3v) is 6.12. The number of nitrogens with zero attached hydrogens (tertiary/aromatic N) is 4. The van der Waals surface area contributed by atoms with Crippen LogP contribution < -0.4 is 9.46 Å². The molecule has 1 N–H and O–H groups in total. The van der Waals surface area contributed by atoms with Crippen molar-refractivity contribution in [2.45, 2.75) is 4.90 Å². The van der Waals surface area contributed by atoms with Crippen molar-refractivity contribution in [1.29, 1.82) is 0 Å². The largest absolute Gasteiger partial charge is 0.455 e. The van der Waals surface area contributed by atoms with Crippen molar-refractivity contribution < 1.29 is 13.2 Å². The third-order valence-electron chi connectivity index (χ3n) is 4.26. The van der Waals surface area contributed by atoms with Gasteiger partial charge in [0.15, 0.2) is 0 Å². The van der Waals surface area contributed by atoms with Crippen LogP contribution in [0.15, 0.2) is 72.0 Å². The zero-order valence-electron chi connectivity index (χ0n) is 16.0. The quantitative estimate of drug-likeness (QED) is 0.430. The average molecular weight is 476 g/mol. The van der Waals surface area contributed by atoms with Gasteiger partial charge in [0.1, 0.15) is 11.5 Å². The molecule has 2 aromatic carbocycles. The first-order chi connectivity index (χ1) is 14.8. The molecule has 0 saturated carbocycles. The van der Waals surface area contributed by atoms with Gasteiger partial charge in [-0.2, -0.15) is 5.10 Å². The summed E-state index contributed by atoms with van der Waals surface area (Å²) in [5.41, 5.74) is 1.50. The van der Waals surface area contributed by atoms with Crippen molar-refractivity contribution >= 4 is 39.2 Å². The number of benzene rings is 2. The molecule has 0 saturated heterocycles. The molecule has 0 bridgehead atoms. The van der Waals surface area contributed by atoms with Crippen LogP contribution in [0.4, 0.5) is 5.95 Å². The molecule has 158 valence electrons. The van der Waals surface area contributed by atoms with Gasteiger partial charge in [0.05, 0.1) is 15.6 Å². The van der Waals surface area contributed by atoms with Crippen LogP contribution in [0.5, 0.6) is 11.5 Å². The van der Waals surface area contributed by atoms with E-state index < -0.39 is 10.0 Å². The average Bonchev–Trinajstić information content (AvgIpc) is 3.16. The maximum Gasteiger partial charge on any atom is 0.264 e. The Labute approximate surface area is 188 Å². The van der Waals surface area contributed by atoms with Gasteiger partial charge in [0.2, 0.25) is 5.95 Å². The summed E-state index contributed by atoms with van der Waals surface area (Å²) in [7, 11) is -2.12. The third kappa shape index (κ3) is 4.63. The van der Waals surface area contributed by atoms with Gasteiger partial charge in [0, 0.05) is 36.2 Å². The van der Waals surface area contributed by atoms with Gasteiger partial charge in [-0.15, -0.1) is 0 Å². The highest BCUT2D eigenvalue weighted by Crippen LogP contribution is 2.38. The molecule has 0 atom stereocenters. The van der Waals surface area contributed by atoms with Crippen molar-refractivity contribution in [3.05, 3.63) is 77.2 Å². The van der Waals surface area contributed by atoms with Crippen LogP contribution in [0.2, 0.25) is 10.0 Å². The molecule has 0 amide bonds. The lowest BCUT2D eigenvalue weighted by Gasteiger charge is -2.14. The van der Waals surface area contributed by atoms with E-state index >= 15 is 0 Å². The van der Waals surface area contributed by atoms with Crippen molar-refractivity contribution in [2.24, 2.45) is 7.05 Å². The Morgan fingerprint density at radius 2 is 1.71 bits per heavy atom. The fraction of sp³-hybridized carbons (Fsp3) is 0.0500. The number of hydrogen-bond donors (Lipinski definition) is 1. The van der Waals surface area contributed by atoms with E-state index in [-0.39, 0.29) is 21.6 Å². The van der Waals surface area contributed by atoms with Crippen LogP contribution in [0.1, 0.15) is 0 Å². The Bertz CT molecular complexity index is 1340. The zero-order chi connectivity index (χ0) is 22.0. The molecule has 2 heterocycles. The Kier molecular flexibility index (Phi) is 5.81. The lowest BCUT2D eigenvalue weighted by atomic mass is 10.1. The first kappa shape index (κ1) is 21.1. The van der Waals surface area contributed by atoms with Gasteiger partial charge in [-0.1, -0.05) is 23.2 Å². The van der Waals surface area contributed by atoms with E-state index in [1.165, 1.54) is 30.6 Å². The van der Waals surface area contributed by atoms with Gasteiger partial charge in [-0.3, -0.25) is 4.68 Å². The van der Waals surface area contributed by atoms with E-state index in [1.54, 1.807) is 42.2 Å². The van der Waals surface area contributed by atoms with E-state index in [2.05, 4.69) is 19.8 Å². The molecule has 0 aliphatic rings. The molecule has 0 fully saturated rings. The molecule has 11 heteroatoms. The van der Waals surface area contributed by atoms with Crippen molar-refractivity contribution in [3.8, 4) is 22.8 Å². The number of hydrogen-bond acceptors (Lipinski definition) is 6. The maximum atomic E-state index is 12.6. The van der Waals surface area contributed by atoms with Crippen molar-refractivity contribution in [1.82, 2.24) is 19.7 Å². The summed E-state index contributed by atoms with van der Waals surface area (Å²) in [5.74, 6) is 0.726. The minimum Gasteiger partial charge on any atom is -0.455 e. The summed E-state index contributed by atoms with van der Waals surface area (Å²) >= 11 is 12.5. The van der Waals surface area contributed by atoms with Gasteiger partial charge in [-0.05, 0) is 48.5 Å². The van der Waals surface area contributed by atoms with E-state index in [9.17, 15) is 8.42 Å². The molecule has 8 nitrogen and oxygen atoms in total. The number of nitrogens with one attached hydrogen (secondary N) is 1. The number of sulfonamides is 1. The molecule has 2 aromatic heterocycles. The number of rotatable bonds is 6. The Morgan fingerprint density at radius 3 is 2.39 bits per heavy atom. The zero-order valence-corrected chi connectivity index (χ0v) is 18.4. The second-order valence-corrected chi connectivity index (χ2v) is 8.88. The van der Waals surface area contributed by atoms with E-state index in [0.717, 1.165) is 5.69 Å². The monoisotopic (exact) mass is 475 g/mol. The molecule has 0 spiro atoms. The van der Waals surface area contributed by atoms with E-state index in [1.807, 2.05) is 6.07 Å². The number of aryl methyl sites for hydroxylation is 1. The summed E-state index contributed by atoms with van der Waals surface area (Å²) in [6.07, 6.45) is 4.53. The van der Waals surface area contributed by atoms with E-state index in [4.69, 9.17) is 27.9 Å². The highest BCUT2D eigenvalue weighted by molar-refractivity contribution is 7.92. The smallest absolute Gasteiger partial charge is 0.264 e. The fourth-order valence-electron chi connectivity index (χ4n) is 2.81. The van der Waals surface area contributed by atoms with Crippen LogP contribution in [0.3, 0.4) is 0 Å². The molecular weight excluding hydrogens is 461 g/mol. The summed E-state index contributed by atoms with van der Waals surface area (Å²) in [4.78, 5) is 7.66. The van der Waals surface area contributed by atoms with Gasteiger partial charge < -0.3 is 4.74 Å². The highest BCUT2D eigenvalue weighted by Gasteiger charge is 2.19.